The summed E-state index contributed by atoms with van der Waals surface area (Å²) in [6.45, 7) is 3.35. The summed E-state index contributed by atoms with van der Waals surface area (Å²) in [6, 6.07) is 20.5. The second-order valence-corrected chi connectivity index (χ2v) is 7.37. The molecule has 0 bridgehead atoms. The third kappa shape index (κ3) is 4.03. The zero-order valence-electron chi connectivity index (χ0n) is 16.8. The van der Waals surface area contributed by atoms with Gasteiger partial charge in [0, 0.05) is 49.9 Å². The summed E-state index contributed by atoms with van der Waals surface area (Å²) < 4.78 is 0. The van der Waals surface area contributed by atoms with Gasteiger partial charge in [0.15, 0.2) is 0 Å². The van der Waals surface area contributed by atoms with E-state index in [1.165, 1.54) is 6.92 Å². The average Bonchev–Trinajstić information content (AvgIpc) is 2.77. The zero-order valence-corrected chi connectivity index (χ0v) is 16.8. The van der Waals surface area contributed by atoms with E-state index in [0.29, 0.717) is 43.0 Å². The maximum atomic E-state index is 13.1. The van der Waals surface area contributed by atoms with Gasteiger partial charge in [0.05, 0.1) is 0 Å². The van der Waals surface area contributed by atoms with Crippen molar-refractivity contribution in [2.24, 2.45) is 0 Å². The Labute approximate surface area is 175 Å². The molecule has 3 aromatic rings. The van der Waals surface area contributed by atoms with Gasteiger partial charge < -0.3 is 15.1 Å². The molecule has 1 fully saturated rings. The number of benzene rings is 3. The van der Waals surface area contributed by atoms with Gasteiger partial charge in [-0.2, -0.15) is 0 Å². The third-order valence-electron chi connectivity index (χ3n) is 5.30. The molecule has 1 N–H and O–H groups in total. The van der Waals surface area contributed by atoms with Crippen LogP contribution >= 0.6 is 0 Å². The first-order valence-electron chi connectivity index (χ1n) is 9.97. The smallest absolute Gasteiger partial charge is 0.254 e. The summed E-state index contributed by atoms with van der Waals surface area (Å²) in [4.78, 5) is 40.8. The summed E-state index contributed by atoms with van der Waals surface area (Å²) in [7, 11) is 0. The molecule has 0 unspecified atom stereocenters. The number of piperazine rings is 1. The van der Waals surface area contributed by atoms with Crippen LogP contribution in [0.3, 0.4) is 0 Å². The Morgan fingerprint density at radius 1 is 0.767 bits per heavy atom. The standard InChI is InChI=1S/C24H23N3O3/c1-17(28)25-20-9-4-8-19(16-20)23(29)26-12-14-27(15-13-26)24(30)22-11-5-7-18-6-2-3-10-21(18)22/h2-11,16H,12-15H2,1H3,(H,25,28). The van der Waals surface area contributed by atoms with Crippen molar-refractivity contribution < 1.29 is 14.4 Å². The molecule has 0 aromatic heterocycles. The quantitative estimate of drug-likeness (QED) is 0.731. The van der Waals surface area contributed by atoms with Crippen LogP contribution in [0, 0.1) is 0 Å². The van der Waals surface area contributed by atoms with E-state index >= 15 is 0 Å². The van der Waals surface area contributed by atoms with Gasteiger partial charge in [-0.05, 0) is 35.0 Å². The number of carbonyl (C=O) groups excluding carboxylic acids is 3. The third-order valence-corrected chi connectivity index (χ3v) is 5.30. The predicted molar refractivity (Wildman–Crippen MR) is 117 cm³/mol. The first-order chi connectivity index (χ1) is 14.5. The highest BCUT2D eigenvalue weighted by Crippen LogP contribution is 2.21. The second-order valence-electron chi connectivity index (χ2n) is 7.37. The van der Waals surface area contributed by atoms with Gasteiger partial charge in [0.25, 0.3) is 11.8 Å². The highest BCUT2D eigenvalue weighted by Gasteiger charge is 2.26. The summed E-state index contributed by atoms with van der Waals surface area (Å²) in [6.07, 6.45) is 0. The number of carbonyl (C=O) groups is 3. The van der Waals surface area contributed by atoms with Gasteiger partial charge in [0.1, 0.15) is 0 Å². The summed E-state index contributed by atoms with van der Waals surface area (Å²) in [5, 5.41) is 4.68. The molecule has 0 radical (unpaired) electrons. The van der Waals surface area contributed by atoms with Gasteiger partial charge in [0.2, 0.25) is 5.91 Å². The fourth-order valence-electron chi connectivity index (χ4n) is 3.81. The number of nitrogens with one attached hydrogen (secondary N) is 1. The largest absolute Gasteiger partial charge is 0.335 e. The van der Waals surface area contributed by atoms with E-state index < -0.39 is 0 Å². The molecule has 0 aliphatic carbocycles. The molecule has 3 aromatic carbocycles. The Kier molecular flexibility index (Phi) is 5.48. The molecule has 1 aliphatic rings. The minimum Gasteiger partial charge on any atom is -0.335 e. The number of hydrogen-bond acceptors (Lipinski definition) is 3. The van der Waals surface area contributed by atoms with Crippen LogP contribution in [0.5, 0.6) is 0 Å². The van der Waals surface area contributed by atoms with E-state index in [0.717, 1.165) is 10.8 Å². The molecule has 6 nitrogen and oxygen atoms in total. The van der Waals surface area contributed by atoms with Gasteiger partial charge in [-0.25, -0.2) is 0 Å². The van der Waals surface area contributed by atoms with Gasteiger partial charge in [-0.15, -0.1) is 0 Å². The molecule has 1 saturated heterocycles. The predicted octanol–water partition coefficient (Wildman–Crippen LogP) is 3.40. The number of rotatable bonds is 3. The molecular weight excluding hydrogens is 378 g/mol. The van der Waals surface area contributed by atoms with E-state index in [1.807, 2.05) is 42.5 Å². The molecule has 6 heteroatoms. The van der Waals surface area contributed by atoms with Crippen LogP contribution in [0.1, 0.15) is 27.6 Å². The topological polar surface area (TPSA) is 69.7 Å². The lowest BCUT2D eigenvalue weighted by molar-refractivity contribution is -0.114. The molecule has 4 rings (SSSR count). The molecule has 0 atom stereocenters. The average molecular weight is 401 g/mol. The van der Waals surface area contributed by atoms with E-state index in [2.05, 4.69) is 5.32 Å². The Hall–Kier alpha value is -3.67. The van der Waals surface area contributed by atoms with Crippen LogP contribution in [0.4, 0.5) is 5.69 Å². The molecule has 0 spiro atoms. The zero-order chi connectivity index (χ0) is 21.1. The fraction of sp³-hybridized carbons (Fsp3) is 0.208. The van der Waals surface area contributed by atoms with Crippen molar-refractivity contribution in [2.75, 3.05) is 31.5 Å². The highest BCUT2D eigenvalue weighted by molar-refractivity contribution is 6.07. The highest BCUT2D eigenvalue weighted by atomic mass is 16.2. The van der Waals surface area contributed by atoms with Crippen molar-refractivity contribution in [3.05, 3.63) is 77.9 Å². The second kappa shape index (κ2) is 8.37. The van der Waals surface area contributed by atoms with Crippen LogP contribution < -0.4 is 5.32 Å². The van der Waals surface area contributed by atoms with Crippen molar-refractivity contribution >= 4 is 34.2 Å². The lowest BCUT2D eigenvalue weighted by Gasteiger charge is -2.35. The van der Waals surface area contributed by atoms with Crippen molar-refractivity contribution in [2.45, 2.75) is 6.92 Å². The van der Waals surface area contributed by atoms with Crippen molar-refractivity contribution in [3.8, 4) is 0 Å². The van der Waals surface area contributed by atoms with Crippen LogP contribution in [-0.4, -0.2) is 53.7 Å². The summed E-state index contributed by atoms with van der Waals surface area (Å²) >= 11 is 0. The Bertz CT molecular complexity index is 1110. The molecular formula is C24H23N3O3. The Morgan fingerprint density at radius 2 is 1.40 bits per heavy atom. The van der Waals surface area contributed by atoms with E-state index in [-0.39, 0.29) is 17.7 Å². The number of nitrogens with zero attached hydrogens (tertiary/aromatic N) is 2. The number of fused-ring (bicyclic) bond motifs is 1. The number of amides is 3. The van der Waals surface area contributed by atoms with Crippen molar-refractivity contribution in [1.82, 2.24) is 9.80 Å². The maximum Gasteiger partial charge on any atom is 0.254 e. The number of anilines is 1. The first kappa shape index (κ1) is 19.6. The Balaban J connectivity index is 1.44. The first-order valence-corrected chi connectivity index (χ1v) is 9.97. The Morgan fingerprint density at radius 3 is 2.13 bits per heavy atom. The van der Waals surface area contributed by atoms with Crippen LogP contribution in [0.15, 0.2) is 66.7 Å². The summed E-state index contributed by atoms with van der Waals surface area (Å²) in [5.41, 5.74) is 1.81. The molecule has 30 heavy (non-hydrogen) atoms. The lowest BCUT2D eigenvalue weighted by Crippen LogP contribution is -2.50. The molecule has 1 heterocycles. The van der Waals surface area contributed by atoms with Gasteiger partial charge >= 0.3 is 0 Å². The molecule has 0 saturated carbocycles. The molecule has 3 amide bonds. The van der Waals surface area contributed by atoms with Crippen LogP contribution in [0.25, 0.3) is 10.8 Å². The minimum atomic E-state index is -0.180. The SMILES string of the molecule is CC(=O)Nc1cccc(C(=O)N2CCN(C(=O)c3cccc4ccccc34)CC2)c1. The normalized spacial score (nSPS) is 13.9. The summed E-state index contributed by atoms with van der Waals surface area (Å²) in [5.74, 6) is -0.286. The fourth-order valence-corrected chi connectivity index (χ4v) is 3.81. The van der Waals surface area contributed by atoms with Gasteiger partial charge in [-0.1, -0.05) is 42.5 Å². The maximum absolute atomic E-state index is 13.1. The lowest BCUT2D eigenvalue weighted by atomic mass is 10.0. The van der Waals surface area contributed by atoms with Crippen molar-refractivity contribution in [3.63, 3.8) is 0 Å². The number of hydrogen-bond donors (Lipinski definition) is 1. The molecule has 152 valence electrons. The van der Waals surface area contributed by atoms with Crippen molar-refractivity contribution in [1.29, 1.82) is 0 Å². The van der Waals surface area contributed by atoms with E-state index in [9.17, 15) is 14.4 Å². The monoisotopic (exact) mass is 401 g/mol. The van der Waals surface area contributed by atoms with Crippen LogP contribution in [0.2, 0.25) is 0 Å². The van der Waals surface area contributed by atoms with E-state index in [1.54, 1.807) is 34.1 Å². The van der Waals surface area contributed by atoms with Crippen LogP contribution in [-0.2, 0) is 4.79 Å². The molecule has 1 aliphatic heterocycles. The van der Waals surface area contributed by atoms with E-state index in [4.69, 9.17) is 0 Å². The van der Waals surface area contributed by atoms with Gasteiger partial charge in [-0.3, -0.25) is 14.4 Å². The minimum absolute atomic E-state index is 0.00782.